The maximum Gasteiger partial charge on any atom is 0.338 e. The van der Waals surface area contributed by atoms with Crippen molar-refractivity contribution in [3.05, 3.63) is 132 Å². The molecule has 4 heteroatoms. The van der Waals surface area contributed by atoms with E-state index in [-0.39, 0.29) is 6.42 Å². The second-order valence-corrected chi connectivity index (χ2v) is 6.35. The zero-order chi connectivity index (χ0) is 22.9. The Morgan fingerprint density at radius 3 is 2.45 bits per heavy atom. The first-order valence-electron chi connectivity index (χ1n) is 9.85. The third-order valence-electron chi connectivity index (χ3n) is 4.08. The van der Waals surface area contributed by atoms with E-state index in [1.165, 1.54) is 0 Å². The van der Waals surface area contributed by atoms with Crippen LogP contribution in [0.2, 0.25) is 0 Å². The molecular formula is C27H29FO3. The molecule has 0 radical (unpaired) electrons. The van der Waals surface area contributed by atoms with Crippen LogP contribution in [0.3, 0.4) is 0 Å². The maximum absolute atomic E-state index is 13.6. The molecule has 162 valence electrons. The van der Waals surface area contributed by atoms with Gasteiger partial charge in [-0.15, -0.1) is 0 Å². The van der Waals surface area contributed by atoms with Crippen LogP contribution >= 0.6 is 0 Å². The SMILES string of the molecule is C=CC(=C\C=C/C(=C\C=C/C)OC)/C1=C/C=C\C=C/C=C(CC(F)C(=O)O)\C=C/C=C\1. The van der Waals surface area contributed by atoms with E-state index in [2.05, 4.69) is 6.58 Å². The first kappa shape index (κ1) is 25.4. The second kappa shape index (κ2) is 15.2. The summed E-state index contributed by atoms with van der Waals surface area (Å²) in [5.41, 5.74) is 2.40. The molecule has 0 aromatic rings. The summed E-state index contributed by atoms with van der Waals surface area (Å²) in [6, 6.07) is 0. The van der Waals surface area contributed by atoms with Crippen LogP contribution in [0, 0.1) is 0 Å². The summed E-state index contributed by atoms with van der Waals surface area (Å²) in [6.45, 7) is 5.83. The first-order valence-corrected chi connectivity index (χ1v) is 9.85. The molecule has 1 aliphatic rings. The molecule has 0 saturated carbocycles. The fourth-order valence-electron chi connectivity index (χ4n) is 2.45. The fourth-order valence-corrected chi connectivity index (χ4v) is 2.45. The van der Waals surface area contributed by atoms with Crippen LogP contribution in [0.4, 0.5) is 4.39 Å². The van der Waals surface area contributed by atoms with Crippen LogP contribution in [0.15, 0.2) is 132 Å². The predicted octanol–water partition coefficient (Wildman–Crippen LogP) is 6.67. The van der Waals surface area contributed by atoms with Crippen molar-refractivity contribution in [1.82, 2.24) is 0 Å². The average Bonchev–Trinajstić information content (AvgIpc) is 2.75. The second-order valence-electron chi connectivity index (χ2n) is 6.35. The van der Waals surface area contributed by atoms with Gasteiger partial charge in [0.05, 0.1) is 7.11 Å². The predicted molar refractivity (Wildman–Crippen MR) is 127 cm³/mol. The summed E-state index contributed by atoms with van der Waals surface area (Å²) in [4.78, 5) is 10.8. The molecule has 0 fully saturated rings. The summed E-state index contributed by atoms with van der Waals surface area (Å²) in [7, 11) is 1.62. The number of carboxylic acids is 1. The number of hydrogen-bond donors (Lipinski definition) is 1. The van der Waals surface area contributed by atoms with Crippen LogP contribution in [-0.2, 0) is 9.53 Å². The van der Waals surface area contributed by atoms with Gasteiger partial charge in [0.1, 0.15) is 5.76 Å². The number of ether oxygens (including phenoxy) is 1. The Bertz CT molecular complexity index is 916. The van der Waals surface area contributed by atoms with Crippen LogP contribution in [-0.4, -0.2) is 24.4 Å². The number of allylic oxidation sites excluding steroid dienone is 20. The summed E-state index contributed by atoms with van der Waals surface area (Å²) >= 11 is 0. The van der Waals surface area contributed by atoms with Crippen LogP contribution < -0.4 is 0 Å². The van der Waals surface area contributed by atoms with Gasteiger partial charge in [0.2, 0.25) is 6.17 Å². The molecule has 3 nitrogen and oxygen atoms in total. The fraction of sp³-hybridized carbons (Fsp3) is 0.148. The number of aliphatic carboxylic acids is 1. The van der Waals surface area contributed by atoms with Crippen LogP contribution in [0.25, 0.3) is 0 Å². The van der Waals surface area contributed by atoms with Crippen molar-refractivity contribution in [2.45, 2.75) is 19.5 Å². The Labute approximate surface area is 184 Å². The van der Waals surface area contributed by atoms with E-state index in [1.54, 1.807) is 43.6 Å². The molecule has 31 heavy (non-hydrogen) atoms. The summed E-state index contributed by atoms with van der Waals surface area (Å²) in [5, 5.41) is 8.79. The summed E-state index contributed by atoms with van der Waals surface area (Å²) in [6.07, 6.45) is 29.1. The normalized spacial score (nSPS) is 24.1. The van der Waals surface area contributed by atoms with E-state index < -0.39 is 12.1 Å². The Hall–Kier alpha value is -3.66. The highest BCUT2D eigenvalue weighted by Crippen LogP contribution is 2.16. The van der Waals surface area contributed by atoms with Gasteiger partial charge in [0.15, 0.2) is 0 Å². The average molecular weight is 421 g/mol. The number of alkyl halides is 1. The molecule has 0 spiro atoms. The minimum Gasteiger partial charge on any atom is -0.497 e. The maximum atomic E-state index is 13.6. The van der Waals surface area contributed by atoms with Crippen molar-refractivity contribution in [2.75, 3.05) is 7.11 Å². The molecule has 1 aliphatic carbocycles. The van der Waals surface area contributed by atoms with Gasteiger partial charge >= 0.3 is 5.97 Å². The van der Waals surface area contributed by atoms with Crippen molar-refractivity contribution in [2.24, 2.45) is 0 Å². The van der Waals surface area contributed by atoms with Crippen molar-refractivity contribution >= 4 is 5.97 Å². The Morgan fingerprint density at radius 1 is 1.10 bits per heavy atom. The quantitative estimate of drug-likeness (QED) is 0.335. The number of hydrogen-bond acceptors (Lipinski definition) is 2. The number of carboxylic acid groups (broad SMARTS) is 1. The molecule has 1 atom stereocenters. The minimum absolute atomic E-state index is 0.193. The number of halogens is 1. The summed E-state index contributed by atoms with van der Waals surface area (Å²) < 4.78 is 18.9. The van der Waals surface area contributed by atoms with Crippen molar-refractivity contribution in [1.29, 1.82) is 0 Å². The lowest BCUT2D eigenvalue weighted by Crippen LogP contribution is -2.14. The molecule has 0 amide bonds. The van der Waals surface area contributed by atoms with Gasteiger partial charge in [0, 0.05) is 6.42 Å². The lowest BCUT2D eigenvalue weighted by molar-refractivity contribution is -0.142. The topological polar surface area (TPSA) is 46.5 Å². The summed E-state index contributed by atoms with van der Waals surface area (Å²) in [5.74, 6) is -0.739. The Kier molecular flexibility index (Phi) is 12.5. The zero-order valence-corrected chi connectivity index (χ0v) is 17.9. The van der Waals surface area contributed by atoms with Crippen molar-refractivity contribution in [3.8, 4) is 0 Å². The molecule has 0 aliphatic heterocycles. The Morgan fingerprint density at radius 2 is 1.81 bits per heavy atom. The number of rotatable bonds is 9. The zero-order valence-electron chi connectivity index (χ0n) is 17.9. The standard InChI is InChI=1S/C27H29FO3/c1-4-6-19-25(31-3)20-13-18-23(5-2)24-16-10-8-7-9-14-22(15-11-12-17-24)21-26(28)27(29)30/h4-20,26H,2,21H2,1,3H3,(H,29,30)/b6-4-,8-7?,9-7-,10-8-,12-11?,14-9?,15-11-,16-10?,17-12-,20-13-,22-14+,22-15?,23-18+,24-16+,24-17?,25-19+. The molecule has 1 rings (SSSR count). The van der Waals surface area contributed by atoms with Gasteiger partial charge < -0.3 is 9.84 Å². The van der Waals surface area contributed by atoms with Crippen molar-refractivity contribution in [3.63, 3.8) is 0 Å². The third-order valence-corrected chi connectivity index (χ3v) is 4.08. The largest absolute Gasteiger partial charge is 0.497 e. The van der Waals surface area contributed by atoms with Gasteiger partial charge in [-0.1, -0.05) is 97.7 Å². The molecular weight excluding hydrogens is 391 g/mol. The monoisotopic (exact) mass is 420 g/mol. The van der Waals surface area contributed by atoms with E-state index in [0.717, 1.165) is 16.9 Å². The third kappa shape index (κ3) is 10.6. The molecule has 1 unspecified atom stereocenters. The van der Waals surface area contributed by atoms with E-state index in [9.17, 15) is 9.18 Å². The molecule has 0 aromatic heterocycles. The molecule has 0 bridgehead atoms. The van der Waals surface area contributed by atoms with E-state index in [4.69, 9.17) is 9.84 Å². The number of methoxy groups -OCH3 is 1. The van der Waals surface area contributed by atoms with Crippen LogP contribution in [0.5, 0.6) is 0 Å². The van der Waals surface area contributed by atoms with Gasteiger partial charge in [-0.3, -0.25) is 0 Å². The van der Waals surface area contributed by atoms with Crippen LogP contribution in [0.1, 0.15) is 13.3 Å². The Balaban J connectivity index is 3.11. The number of carbonyl (C=O) groups is 1. The highest BCUT2D eigenvalue weighted by Gasteiger charge is 2.16. The van der Waals surface area contributed by atoms with Gasteiger partial charge in [-0.2, -0.15) is 0 Å². The highest BCUT2D eigenvalue weighted by atomic mass is 19.1. The van der Waals surface area contributed by atoms with Crippen molar-refractivity contribution < 1.29 is 19.0 Å². The molecule has 1 N–H and O–H groups in total. The van der Waals surface area contributed by atoms with E-state index >= 15 is 0 Å². The van der Waals surface area contributed by atoms with Gasteiger partial charge in [0.25, 0.3) is 0 Å². The first-order chi connectivity index (χ1) is 15.0. The van der Waals surface area contributed by atoms with Gasteiger partial charge in [-0.05, 0) is 35.8 Å². The lowest BCUT2D eigenvalue weighted by atomic mass is 10.0. The molecule has 0 heterocycles. The smallest absolute Gasteiger partial charge is 0.338 e. The molecule has 0 aromatic carbocycles. The molecule has 0 saturated heterocycles. The minimum atomic E-state index is -1.94. The van der Waals surface area contributed by atoms with E-state index in [0.29, 0.717) is 5.57 Å². The van der Waals surface area contributed by atoms with Gasteiger partial charge in [-0.25, -0.2) is 9.18 Å². The highest BCUT2D eigenvalue weighted by molar-refractivity contribution is 5.72. The lowest BCUT2D eigenvalue weighted by Gasteiger charge is -2.04. The van der Waals surface area contributed by atoms with E-state index in [1.807, 2.05) is 73.8 Å².